The lowest BCUT2D eigenvalue weighted by atomic mass is 10.1. The Hall–Kier alpha value is -3.11. The van der Waals surface area contributed by atoms with Crippen LogP contribution in [0, 0.1) is 6.92 Å². The van der Waals surface area contributed by atoms with Crippen molar-refractivity contribution in [3.63, 3.8) is 0 Å². The van der Waals surface area contributed by atoms with Gasteiger partial charge in [0.25, 0.3) is 5.91 Å². The largest absolute Gasteiger partial charge is 0.427 e. The first kappa shape index (κ1) is 19.6. The summed E-state index contributed by atoms with van der Waals surface area (Å²) in [7, 11) is 0. The highest BCUT2D eigenvalue weighted by atomic mass is 35.5. The van der Waals surface area contributed by atoms with E-state index in [2.05, 4.69) is 5.32 Å². The van der Waals surface area contributed by atoms with Crippen LogP contribution in [0.5, 0.6) is 5.75 Å². The Kier molecular flexibility index (Phi) is 6.45. The van der Waals surface area contributed by atoms with Crippen LogP contribution >= 0.6 is 11.6 Å². The van der Waals surface area contributed by atoms with Gasteiger partial charge in [0.15, 0.2) is 0 Å². The standard InChI is InChI=1S/C23H20ClNO3/c1-16-5-10-20(11-6-16)25-23(27)18-8-12-21(13-9-18)28-22(26)14-7-17-3-2-4-19(24)15-17/h2-6,8-13,15H,7,14H2,1H3,(H,25,27). The molecule has 1 N–H and O–H groups in total. The van der Waals surface area contributed by atoms with Crippen LogP contribution in [0.1, 0.15) is 27.9 Å². The Morgan fingerprint density at radius 2 is 1.68 bits per heavy atom. The molecule has 0 heterocycles. The number of carbonyl (C=O) groups is 2. The zero-order valence-corrected chi connectivity index (χ0v) is 16.2. The Bertz CT molecular complexity index is 966. The fraction of sp³-hybridized carbons (Fsp3) is 0.130. The number of anilines is 1. The molecular weight excluding hydrogens is 374 g/mol. The molecule has 0 saturated carbocycles. The molecule has 0 unspecified atom stereocenters. The zero-order valence-electron chi connectivity index (χ0n) is 15.4. The van der Waals surface area contributed by atoms with E-state index in [9.17, 15) is 9.59 Å². The van der Waals surface area contributed by atoms with Gasteiger partial charge in [-0.3, -0.25) is 9.59 Å². The smallest absolute Gasteiger partial charge is 0.311 e. The molecule has 142 valence electrons. The second kappa shape index (κ2) is 9.20. The second-order valence-electron chi connectivity index (χ2n) is 6.45. The van der Waals surface area contributed by atoms with E-state index in [1.807, 2.05) is 49.4 Å². The summed E-state index contributed by atoms with van der Waals surface area (Å²) in [6.45, 7) is 1.99. The molecule has 0 aromatic heterocycles. The Labute approximate surface area is 169 Å². The van der Waals surface area contributed by atoms with Gasteiger partial charge in [-0.1, -0.05) is 41.4 Å². The zero-order chi connectivity index (χ0) is 19.9. The maximum atomic E-state index is 12.3. The number of amides is 1. The van der Waals surface area contributed by atoms with E-state index in [-0.39, 0.29) is 18.3 Å². The van der Waals surface area contributed by atoms with Gasteiger partial charge in [0.1, 0.15) is 5.75 Å². The summed E-state index contributed by atoms with van der Waals surface area (Å²) in [6.07, 6.45) is 0.798. The summed E-state index contributed by atoms with van der Waals surface area (Å²) in [5.41, 5.74) is 3.32. The number of ether oxygens (including phenoxy) is 1. The third-order valence-electron chi connectivity index (χ3n) is 4.16. The number of halogens is 1. The summed E-state index contributed by atoms with van der Waals surface area (Å²) in [5, 5.41) is 3.48. The van der Waals surface area contributed by atoms with Crippen molar-refractivity contribution in [1.82, 2.24) is 0 Å². The highest BCUT2D eigenvalue weighted by molar-refractivity contribution is 6.30. The molecule has 4 nitrogen and oxygen atoms in total. The van der Waals surface area contributed by atoms with Crippen molar-refractivity contribution in [2.24, 2.45) is 0 Å². The van der Waals surface area contributed by atoms with Crippen LogP contribution in [0.15, 0.2) is 72.8 Å². The molecule has 0 radical (unpaired) electrons. The highest BCUT2D eigenvalue weighted by Crippen LogP contribution is 2.17. The topological polar surface area (TPSA) is 55.4 Å². The van der Waals surface area contributed by atoms with Gasteiger partial charge >= 0.3 is 5.97 Å². The number of nitrogens with one attached hydrogen (secondary N) is 1. The van der Waals surface area contributed by atoms with Crippen molar-refractivity contribution in [2.75, 3.05) is 5.32 Å². The summed E-state index contributed by atoms with van der Waals surface area (Å²) >= 11 is 5.94. The van der Waals surface area contributed by atoms with Crippen LogP contribution < -0.4 is 10.1 Å². The SMILES string of the molecule is Cc1ccc(NC(=O)c2ccc(OC(=O)CCc3cccc(Cl)c3)cc2)cc1. The number of esters is 1. The molecule has 1 amide bonds. The van der Waals surface area contributed by atoms with Gasteiger partial charge < -0.3 is 10.1 Å². The van der Waals surface area contributed by atoms with E-state index in [4.69, 9.17) is 16.3 Å². The minimum atomic E-state index is -0.336. The third-order valence-corrected chi connectivity index (χ3v) is 4.40. The van der Waals surface area contributed by atoms with Crippen molar-refractivity contribution in [3.05, 3.63) is 94.5 Å². The molecule has 0 saturated heterocycles. The van der Waals surface area contributed by atoms with Gasteiger partial charge in [0.05, 0.1) is 0 Å². The number of aryl methyl sites for hydroxylation is 2. The van der Waals surface area contributed by atoms with Gasteiger partial charge in [-0.2, -0.15) is 0 Å². The summed E-state index contributed by atoms with van der Waals surface area (Å²) in [6, 6.07) is 21.4. The first-order chi connectivity index (χ1) is 13.5. The number of rotatable bonds is 6. The monoisotopic (exact) mass is 393 g/mol. The molecule has 0 bridgehead atoms. The average Bonchev–Trinajstić information content (AvgIpc) is 2.69. The van der Waals surface area contributed by atoms with Crippen LogP contribution in [0.2, 0.25) is 5.02 Å². The maximum absolute atomic E-state index is 12.3. The first-order valence-electron chi connectivity index (χ1n) is 8.93. The predicted molar refractivity (Wildman–Crippen MR) is 111 cm³/mol. The minimum Gasteiger partial charge on any atom is -0.427 e. The quantitative estimate of drug-likeness (QED) is 0.448. The molecule has 3 aromatic rings. The molecule has 0 fully saturated rings. The molecule has 3 aromatic carbocycles. The molecule has 3 rings (SSSR count). The molecule has 0 spiro atoms. The van der Waals surface area contributed by atoms with Gasteiger partial charge in [-0.15, -0.1) is 0 Å². The lowest BCUT2D eigenvalue weighted by Gasteiger charge is -2.08. The van der Waals surface area contributed by atoms with Crippen molar-refractivity contribution in [1.29, 1.82) is 0 Å². The Balaban J connectivity index is 1.52. The molecule has 0 aliphatic heterocycles. The molecule has 28 heavy (non-hydrogen) atoms. The normalized spacial score (nSPS) is 10.4. The van der Waals surface area contributed by atoms with Crippen molar-refractivity contribution in [3.8, 4) is 5.75 Å². The number of hydrogen-bond donors (Lipinski definition) is 1. The van der Waals surface area contributed by atoms with Gasteiger partial charge in [-0.05, 0) is 67.4 Å². The predicted octanol–water partition coefficient (Wildman–Crippen LogP) is 5.44. The van der Waals surface area contributed by atoms with Crippen molar-refractivity contribution in [2.45, 2.75) is 19.8 Å². The van der Waals surface area contributed by atoms with Crippen molar-refractivity contribution < 1.29 is 14.3 Å². The van der Waals surface area contributed by atoms with Gasteiger partial charge in [-0.25, -0.2) is 0 Å². The van der Waals surface area contributed by atoms with E-state index in [1.54, 1.807) is 30.3 Å². The van der Waals surface area contributed by atoms with Crippen LogP contribution in [0.4, 0.5) is 5.69 Å². The molecule has 0 aliphatic carbocycles. The van der Waals surface area contributed by atoms with E-state index in [0.29, 0.717) is 22.8 Å². The molecule has 5 heteroatoms. The fourth-order valence-corrected chi connectivity index (χ4v) is 2.85. The number of carbonyl (C=O) groups excluding carboxylic acids is 2. The lowest BCUT2D eigenvalue weighted by Crippen LogP contribution is -2.12. The van der Waals surface area contributed by atoms with Crippen LogP contribution in [-0.4, -0.2) is 11.9 Å². The minimum absolute atomic E-state index is 0.220. The summed E-state index contributed by atoms with van der Waals surface area (Å²) in [4.78, 5) is 24.3. The summed E-state index contributed by atoms with van der Waals surface area (Å²) in [5.74, 6) is -0.150. The van der Waals surface area contributed by atoms with Crippen LogP contribution in [-0.2, 0) is 11.2 Å². The number of benzene rings is 3. The maximum Gasteiger partial charge on any atom is 0.311 e. The molecular formula is C23H20ClNO3. The first-order valence-corrected chi connectivity index (χ1v) is 9.30. The van der Waals surface area contributed by atoms with Gasteiger partial charge in [0, 0.05) is 22.7 Å². The van der Waals surface area contributed by atoms with E-state index in [0.717, 1.165) is 16.8 Å². The van der Waals surface area contributed by atoms with E-state index in [1.165, 1.54) is 0 Å². The average molecular weight is 394 g/mol. The van der Waals surface area contributed by atoms with Gasteiger partial charge in [0.2, 0.25) is 0 Å². The highest BCUT2D eigenvalue weighted by Gasteiger charge is 2.09. The van der Waals surface area contributed by atoms with E-state index >= 15 is 0 Å². The summed E-state index contributed by atoms with van der Waals surface area (Å²) < 4.78 is 5.33. The van der Waals surface area contributed by atoms with Crippen molar-refractivity contribution >= 4 is 29.2 Å². The third kappa shape index (κ3) is 5.69. The van der Waals surface area contributed by atoms with E-state index < -0.39 is 0 Å². The fourth-order valence-electron chi connectivity index (χ4n) is 2.64. The molecule has 0 atom stereocenters. The molecule has 0 aliphatic rings. The lowest BCUT2D eigenvalue weighted by molar-refractivity contribution is -0.134. The van der Waals surface area contributed by atoms with Crippen LogP contribution in [0.3, 0.4) is 0 Å². The Morgan fingerprint density at radius 1 is 0.964 bits per heavy atom. The second-order valence-corrected chi connectivity index (χ2v) is 6.88. The number of hydrogen-bond acceptors (Lipinski definition) is 3. The Morgan fingerprint density at radius 3 is 2.36 bits per heavy atom. The van der Waals surface area contributed by atoms with Crippen LogP contribution in [0.25, 0.3) is 0 Å².